The highest BCUT2D eigenvalue weighted by Gasteiger charge is 2.06. The van der Waals surface area contributed by atoms with E-state index in [0.29, 0.717) is 10.8 Å². The molecule has 1 N–H and O–H groups in total. The predicted octanol–water partition coefficient (Wildman–Crippen LogP) is 5.18. The van der Waals surface area contributed by atoms with Gasteiger partial charge in [-0.1, -0.05) is 66.2 Å². The number of halogens is 1. The molecule has 0 unspecified atom stereocenters. The first-order valence-corrected chi connectivity index (χ1v) is 9.19. The Morgan fingerprint density at radius 3 is 2.29 bits per heavy atom. The Morgan fingerprint density at radius 1 is 0.929 bits per heavy atom. The van der Waals surface area contributed by atoms with Crippen LogP contribution in [-0.2, 0) is 4.79 Å². The monoisotopic (exact) mass is 388 g/mol. The van der Waals surface area contributed by atoms with Crippen molar-refractivity contribution in [1.29, 1.82) is 0 Å². The molecule has 0 radical (unpaired) electrons. The standard InChI is InChI=1S/C23H17ClN2O2/c24-18-8-5-9-19(13-18)28-15-23(27)26-25-14-22-20-10-3-1-6-16(20)12-17-7-2-4-11-21(17)22/h1-14H,15H2,(H,26,27)/b25-14+. The molecule has 4 aromatic rings. The lowest BCUT2D eigenvalue weighted by Gasteiger charge is -2.08. The second kappa shape index (κ2) is 8.11. The molecular weight excluding hydrogens is 372 g/mol. The van der Waals surface area contributed by atoms with E-state index in [-0.39, 0.29) is 12.5 Å². The second-order valence-electron chi connectivity index (χ2n) is 6.27. The number of ether oxygens (including phenoxy) is 1. The van der Waals surface area contributed by atoms with Gasteiger partial charge in [0.15, 0.2) is 6.61 Å². The Morgan fingerprint density at radius 2 is 1.61 bits per heavy atom. The lowest BCUT2D eigenvalue weighted by Crippen LogP contribution is -2.24. The Hall–Kier alpha value is -3.37. The van der Waals surface area contributed by atoms with Crippen LogP contribution in [0.25, 0.3) is 21.5 Å². The number of nitrogens with one attached hydrogen (secondary N) is 1. The van der Waals surface area contributed by atoms with E-state index >= 15 is 0 Å². The molecule has 0 heterocycles. The number of hydrogen-bond acceptors (Lipinski definition) is 3. The van der Waals surface area contributed by atoms with E-state index in [4.69, 9.17) is 16.3 Å². The van der Waals surface area contributed by atoms with Gasteiger partial charge in [0.25, 0.3) is 5.91 Å². The number of fused-ring (bicyclic) bond motifs is 2. The number of benzene rings is 4. The number of amides is 1. The molecule has 0 aliphatic carbocycles. The molecule has 138 valence electrons. The van der Waals surface area contributed by atoms with Crippen molar-refractivity contribution < 1.29 is 9.53 Å². The third kappa shape index (κ3) is 3.97. The van der Waals surface area contributed by atoms with Crippen molar-refractivity contribution in [1.82, 2.24) is 5.43 Å². The van der Waals surface area contributed by atoms with Crippen molar-refractivity contribution in [2.45, 2.75) is 0 Å². The zero-order valence-corrected chi connectivity index (χ0v) is 15.7. The molecule has 0 spiro atoms. The number of hydrogen-bond donors (Lipinski definition) is 1. The first-order chi connectivity index (χ1) is 13.7. The van der Waals surface area contributed by atoms with Crippen LogP contribution in [0.4, 0.5) is 0 Å². The molecular formula is C23H17ClN2O2. The van der Waals surface area contributed by atoms with Gasteiger partial charge >= 0.3 is 0 Å². The van der Waals surface area contributed by atoms with Crippen molar-refractivity contribution >= 4 is 45.3 Å². The van der Waals surface area contributed by atoms with Gasteiger partial charge in [0.1, 0.15) is 5.75 Å². The van der Waals surface area contributed by atoms with Crippen LogP contribution in [0.15, 0.2) is 84.0 Å². The molecule has 4 nitrogen and oxygen atoms in total. The summed E-state index contributed by atoms with van der Waals surface area (Å²) >= 11 is 5.90. The summed E-state index contributed by atoms with van der Waals surface area (Å²) < 4.78 is 5.42. The summed E-state index contributed by atoms with van der Waals surface area (Å²) in [6, 6.07) is 25.3. The van der Waals surface area contributed by atoms with E-state index in [2.05, 4.69) is 28.7 Å². The van der Waals surface area contributed by atoms with Gasteiger partial charge in [-0.15, -0.1) is 0 Å². The first-order valence-electron chi connectivity index (χ1n) is 8.81. The molecule has 5 heteroatoms. The van der Waals surface area contributed by atoms with Gasteiger partial charge in [0.2, 0.25) is 0 Å². The van der Waals surface area contributed by atoms with Gasteiger partial charge in [-0.2, -0.15) is 5.10 Å². The summed E-state index contributed by atoms with van der Waals surface area (Å²) in [5, 5.41) is 9.10. The maximum atomic E-state index is 12.0. The first kappa shape index (κ1) is 18.0. The molecule has 28 heavy (non-hydrogen) atoms. The van der Waals surface area contributed by atoms with E-state index < -0.39 is 0 Å². The number of carbonyl (C=O) groups is 1. The molecule has 0 aromatic heterocycles. The minimum absolute atomic E-state index is 0.145. The topological polar surface area (TPSA) is 50.7 Å². The average Bonchev–Trinajstić information content (AvgIpc) is 2.72. The number of carbonyl (C=O) groups excluding carboxylic acids is 1. The predicted molar refractivity (Wildman–Crippen MR) is 114 cm³/mol. The lowest BCUT2D eigenvalue weighted by molar-refractivity contribution is -0.123. The normalized spacial score (nSPS) is 11.2. The number of hydrazone groups is 1. The fourth-order valence-corrected chi connectivity index (χ4v) is 3.28. The van der Waals surface area contributed by atoms with Crippen LogP contribution in [-0.4, -0.2) is 18.7 Å². The van der Waals surface area contributed by atoms with Crippen LogP contribution >= 0.6 is 11.6 Å². The molecule has 0 bridgehead atoms. The van der Waals surface area contributed by atoms with Crippen LogP contribution in [0.5, 0.6) is 5.75 Å². The van der Waals surface area contributed by atoms with Gasteiger partial charge in [0, 0.05) is 10.6 Å². The zero-order valence-electron chi connectivity index (χ0n) is 14.9. The summed E-state index contributed by atoms with van der Waals surface area (Å²) in [5.74, 6) is 0.187. The quantitative estimate of drug-likeness (QED) is 0.291. The Balaban J connectivity index is 1.52. The minimum atomic E-state index is -0.347. The molecule has 0 fully saturated rings. The fourth-order valence-electron chi connectivity index (χ4n) is 3.09. The maximum Gasteiger partial charge on any atom is 0.277 e. The smallest absolute Gasteiger partial charge is 0.277 e. The van der Waals surface area contributed by atoms with Crippen molar-refractivity contribution in [3.63, 3.8) is 0 Å². The summed E-state index contributed by atoms with van der Waals surface area (Å²) in [4.78, 5) is 12.0. The minimum Gasteiger partial charge on any atom is -0.484 e. The second-order valence-corrected chi connectivity index (χ2v) is 6.71. The van der Waals surface area contributed by atoms with E-state index in [1.807, 2.05) is 36.4 Å². The van der Waals surface area contributed by atoms with Gasteiger partial charge < -0.3 is 4.74 Å². The molecule has 0 saturated carbocycles. The fraction of sp³-hybridized carbons (Fsp3) is 0.0435. The average molecular weight is 389 g/mol. The summed E-state index contributed by atoms with van der Waals surface area (Å²) in [6.07, 6.45) is 1.68. The molecule has 0 aliphatic heterocycles. The summed E-state index contributed by atoms with van der Waals surface area (Å²) in [5.41, 5.74) is 3.48. The summed E-state index contributed by atoms with van der Waals surface area (Å²) in [7, 11) is 0. The van der Waals surface area contributed by atoms with Crippen LogP contribution in [0.3, 0.4) is 0 Å². The van der Waals surface area contributed by atoms with Gasteiger partial charge in [0.05, 0.1) is 6.21 Å². The zero-order chi connectivity index (χ0) is 19.3. The summed E-state index contributed by atoms with van der Waals surface area (Å²) in [6.45, 7) is -0.145. The van der Waals surface area contributed by atoms with Crippen molar-refractivity contribution in [2.75, 3.05) is 6.61 Å². The van der Waals surface area contributed by atoms with Crippen LogP contribution in [0, 0.1) is 0 Å². The molecule has 0 saturated heterocycles. The third-order valence-corrected chi connectivity index (χ3v) is 4.60. The Kier molecular flexibility index (Phi) is 5.22. The molecule has 4 aromatic carbocycles. The van der Waals surface area contributed by atoms with E-state index in [1.54, 1.807) is 30.5 Å². The largest absolute Gasteiger partial charge is 0.484 e. The lowest BCUT2D eigenvalue weighted by atomic mass is 9.97. The van der Waals surface area contributed by atoms with Crippen molar-refractivity contribution in [2.24, 2.45) is 5.10 Å². The van der Waals surface area contributed by atoms with E-state index in [9.17, 15) is 4.79 Å². The maximum absolute atomic E-state index is 12.0. The van der Waals surface area contributed by atoms with Gasteiger partial charge in [-0.3, -0.25) is 4.79 Å². The Labute approximate surface area is 167 Å². The van der Waals surface area contributed by atoms with Crippen LogP contribution in [0.1, 0.15) is 5.56 Å². The Bertz CT molecular complexity index is 1130. The highest BCUT2D eigenvalue weighted by atomic mass is 35.5. The van der Waals surface area contributed by atoms with E-state index in [1.165, 1.54) is 0 Å². The van der Waals surface area contributed by atoms with Gasteiger partial charge in [-0.05, 0) is 45.8 Å². The molecule has 0 aliphatic rings. The highest BCUT2D eigenvalue weighted by molar-refractivity contribution is 6.30. The number of rotatable bonds is 5. The molecule has 0 atom stereocenters. The van der Waals surface area contributed by atoms with Crippen molar-refractivity contribution in [3.05, 3.63) is 89.4 Å². The van der Waals surface area contributed by atoms with Crippen molar-refractivity contribution in [3.8, 4) is 5.75 Å². The van der Waals surface area contributed by atoms with Gasteiger partial charge in [-0.25, -0.2) is 5.43 Å². The SMILES string of the molecule is O=C(COc1cccc(Cl)c1)N/N=C/c1c2ccccc2cc2ccccc12. The molecule has 4 rings (SSSR count). The van der Waals surface area contributed by atoms with E-state index in [0.717, 1.165) is 27.1 Å². The number of nitrogens with zero attached hydrogens (tertiary/aromatic N) is 1. The van der Waals surface area contributed by atoms with Crippen LogP contribution in [0.2, 0.25) is 5.02 Å². The highest BCUT2D eigenvalue weighted by Crippen LogP contribution is 2.27. The molecule has 1 amide bonds. The van der Waals surface area contributed by atoms with Crippen LogP contribution < -0.4 is 10.2 Å². The third-order valence-electron chi connectivity index (χ3n) is 4.36.